The molecular weight excluding hydrogens is 256 g/mol. The number of hydrogen-bond donors (Lipinski definition) is 2. The van der Waals surface area contributed by atoms with E-state index in [4.69, 9.17) is 9.47 Å². The first-order valence-corrected chi connectivity index (χ1v) is 6.58. The van der Waals surface area contributed by atoms with Crippen molar-refractivity contribution in [2.24, 2.45) is 5.41 Å². The Balaban J connectivity index is 2.60. The van der Waals surface area contributed by atoms with E-state index in [0.717, 1.165) is 5.56 Å². The Kier molecular flexibility index (Phi) is 5.82. The van der Waals surface area contributed by atoms with Crippen molar-refractivity contribution in [3.05, 3.63) is 23.8 Å². The summed E-state index contributed by atoms with van der Waals surface area (Å²) in [7, 11) is 4.88. The molecule has 0 aliphatic carbocycles. The highest BCUT2D eigenvalue weighted by atomic mass is 16.5. The lowest BCUT2D eigenvalue weighted by atomic mass is 9.92. The fraction of sp³-hybridized carbons (Fsp3) is 0.533. The van der Waals surface area contributed by atoms with Gasteiger partial charge in [0.2, 0.25) is 5.91 Å². The summed E-state index contributed by atoms with van der Waals surface area (Å²) in [6, 6.07) is 5.78. The smallest absolute Gasteiger partial charge is 0.226 e. The van der Waals surface area contributed by atoms with Gasteiger partial charge in [-0.25, -0.2) is 0 Å². The second-order valence-corrected chi connectivity index (χ2v) is 5.26. The lowest BCUT2D eigenvalue weighted by Crippen LogP contribution is -2.41. The molecular formula is C15H24N2O3. The van der Waals surface area contributed by atoms with Crippen molar-refractivity contribution in [1.29, 1.82) is 0 Å². The van der Waals surface area contributed by atoms with Crippen LogP contribution >= 0.6 is 0 Å². The molecule has 1 rings (SSSR count). The second-order valence-electron chi connectivity index (χ2n) is 5.26. The van der Waals surface area contributed by atoms with Crippen LogP contribution in [0.3, 0.4) is 0 Å². The molecule has 0 spiro atoms. The van der Waals surface area contributed by atoms with E-state index in [1.54, 1.807) is 21.3 Å². The zero-order valence-corrected chi connectivity index (χ0v) is 12.9. The highest BCUT2D eigenvalue weighted by Gasteiger charge is 2.25. The number of ether oxygens (including phenoxy) is 2. The molecule has 5 nitrogen and oxygen atoms in total. The van der Waals surface area contributed by atoms with Crippen LogP contribution in [0.15, 0.2) is 18.2 Å². The van der Waals surface area contributed by atoms with Gasteiger partial charge in [-0.15, -0.1) is 0 Å². The summed E-state index contributed by atoms with van der Waals surface area (Å²) in [6.07, 6.45) is 0. The average Bonchev–Trinajstić information content (AvgIpc) is 2.45. The van der Waals surface area contributed by atoms with Crippen LogP contribution in [0.25, 0.3) is 0 Å². The van der Waals surface area contributed by atoms with Gasteiger partial charge in [0.25, 0.3) is 0 Å². The maximum atomic E-state index is 11.7. The molecule has 1 aromatic rings. The van der Waals surface area contributed by atoms with Gasteiger partial charge < -0.3 is 20.1 Å². The standard InChI is InChI=1S/C15H24N2O3/c1-15(2,14(18)16-3)10-17-9-11-6-7-12(19-4)13(8-11)20-5/h6-8,17H,9-10H2,1-5H3,(H,16,18). The predicted octanol–water partition coefficient (Wildman–Crippen LogP) is 1.57. The van der Waals surface area contributed by atoms with Crippen LogP contribution in [0.5, 0.6) is 11.5 Å². The van der Waals surface area contributed by atoms with Crippen LogP contribution in [0.1, 0.15) is 19.4 Å². The highest BCUT2D eigenvalue weighted by Crippen LogP contribution is 2.27. The molecule has 1 amide bonds. The minimum Gasteiger partial charge on any atom is -0.493 e. The van der Waals surface area contributed by atoms with E-state index >= 15 is 0 Å². The first-order valence-electron chi connectivity index (χ1n) is 6.58. The van der Waals surface area contributed by atoms with E-state index in [1.165, 1.54) is 0 Å². The van der Waals surface area contributed by atoms with Gasteiger partial charge in [-0.3, -0.25) is 4.79 Å². The fourth-order valence-electron chi connectivity index (χ4n) is 1.93. The third kappa shape index (κ3) is 4.13. The number of amides is 1. The van der Waals surface area contributed by atoms with Gasteiger partial charge in [0.05, 0.1) is 19.6 Å². The Morgan fingerprint density at radius 3 is 2.40 bits per heavy atom. The average molecular weight is 280 g/mol. The Morgan fingerprint density at radius 2 is 1.85 bits per heavy atom. The first kappa shape index (κ1) is 16.3. The first-order chi connectivity index (χ1) is 9.44. The number of rotatable bonds is 7. The molecule has 0 aliphatic heterocycles. The predicted molar refractivity (Wildman–Crippen MR) is 79.1 cm³/mol. The van der Waals surface area contributed by atoms with Crippen LogP contribution in [0.4, 0.5) is 0 Å². The largest absolute Gasteiger partial charge is 0.493 e. The molecule has 0 aliphatic rings. The summed E-state index contributed by atoms with van der Waals surface area (Å²) in [5.41, 5.74) is 0.640. The summed E-state index contributed by atoms with van der Waals surface area (Å²) in [5, 5.41) is 5.96. The summed E-state index contributed by atoms with van der Waals surface area (Å²) >= 11 is 0. The molecule has 0 atom stereocenters. The minimum atomic E-state index is -0.439. The van der Waals surface area contributed by atoms with Crippen molar-refractivity contribution in [2.75, 3.05) is 27.8 Å². The number of hydrogen-bond acceptors (Lipinski definition) is 4. The topological polar surface area (TPSA) is 59.6 Å². The number of carbonyl (C=O) groups is 1. The van der Waals surface area contributed by atoms with Crippen molar-refractivity contribution >= 4 is 5.91 Å². The van der Waals surface area contributed by atoms with Crippen molar-refractivity contribution in [1.82, 2.24) is 10.6 Å². The summed E-state index contributed by atoms with van der Waals surface area (Å²) in [6.45, 7) is 5.09. The van der Waals surface area contributed by atoms with Gasteiger partial charge >= 0.3 is 0 Å². The van der Waals surface area contributed by atoms with Crippen molar-refractivity contribution in [3.63, 3.8) is 0 Å². The van der Waals surface area contributed by atoms with Crippen LogP contribution in [0.2, 0.25) is 0 Å². The highest BCUT2D eigenvalue weighted by molar-refractivity contribution is 5.81. The molecule has 0 saturated heterocycles. The van der Waals surface area contributed by atoms with Crippen molar-refractivity contribution in [3.8, 4) is 11.5 Å². The van der Waals surface area contributed by atoms with Crippen molar-refractivity contribution in [2.45, 2.75) is 20.4 Å². The molecule has 112 valence electrons. The molecule has 0 fully saturated rings. The van der Waals surface area contributed by atoms with Gasteiger partial charge in [0.15, 0.2) is 11.5 Å². The maximum absolute atomic E-state index is 11.7. The van der Waals surface area contributed by atoms with Crippen LogP contribution in [0, 0.1) is 5.41 Å². The SMILES string of the molecule is CNC(=O)C(C)(C)CNCc1ccc(OC)c(OC)c1. The monoisotopic (exact) mass is 280 g/mol. The summed E-state index contributed by atoms with van der Waals surface area (Å²) < 4.78 is 10.5. The third-order valence-electron chi connectivity index (χ3n) is 3.19. The zero-order valence-electron chi connectivity index (χ0n) is 12.9. The molecule has 0 bridgehead atoms. The molecule has 20 heavy (non-hydrogen) atoms. The van der Waals surface area contributed by atoms with Gasteiger partial charge in [-0.05, 0) is 31.5 Å². The summed E-state index contributed by atoms with van der Waals surface area (Å²) in [5.74, 6) is 1.44. The van der Waals surface area contributed by atoms with E-state index in [1.807, 2.05) is 32.0 Å². The van der Waals surface area contributed by atoms with Crippen LogP contribution in [-0.4, -0.2) is 33.7 Å². The number of benzene rings is 1. The maximum Gasteiger partial charge on any atom is 0.226 e. The van der Waals surface area contributed by atoms with E-state index < -0.39 is 5.41 Å². The molecule has 0 radical (unpaired) electrons. The number of methoxy groups -OCH3 is 2. The Morgan fingerprint density at radius 1 is 1.20 bits per heavy atom. The molecule has 5 heteroatoms. The quantitative estimate of drug-likeness (QED) is 0.796. The van der Waals surface area contributed by atoms with Gasteiger partial charge in [-0.2, -0.15) is 0 Å². The molecule has 0 saturated carbocycles. The lowest BCUT2D eigenvalue weighted by Gasteiger charge is -2.23. The Hall–Kier alpha value is -1.75. The third-order valence-corrected chi connectivity index (χ3v) is 3.19. The van der Waals surface area contributed by atoms with Crippen LogP contribution < -0.4 is 20.1 Å². The second kappa shape index (κ2) is 7.14. The Labute approximate surface area is 120 Å². The van der Waals surface area contributed by atoms with Crippen molar-refractivity contribution < 1.29 is 14.3 Å². The molecule has 0 unspecified atom stereocenters. The summed E-state index contributed by atoms with van der Waals surface area (Å²) in [4.78, 5) is 11.7. The van der Waals surface area contributed by atoms with E-state index in [9.17, 15) is 4.79 Å². The van der Waals surface area contributed by atoms with Gasteiger partial charge in [0.1, 0.15) is 0 Å². The molecule has 2 N–H and O–H groups in total. The Bertz CT molecular complexity index is 458. The van der Waals surface area contributed by atoms with Gasteiger partial charge in [0, 0.05) is 20.1 Å². The number of carbonyl (C=O) groups excluding carboxylic acids is 1. The van der Waals surface area contributed by atoms with E-state index in [-0.39, 0.29) is 5.91 Å². The molecule has 0 heterocycles. The van der Waals surface area contributed by atoms with E-state index in [2.05, 4.69) is 10.6 Å². The lowest BCUT2D eigenvalue weighted by molar-refractivity contribution is -0.128. The zero-order chi connectivity index (χ0) is 15.2. The van der Waals surface area contributed by atoms with Gasteiger partial charge in [-0.1, -0.05) is 6.07 Å². The number of nitrogens with one attached hydrogen (secondary N) is 2. The fourth-order valence-corrected chi connectivity index (χ4v) is 1.93. The van der Waals surface area contributed by atoms with Crippen LogP contribution in [-0.2, 0) is 11.3 Å². The molecule has 0 aromatic heterocycles. The minimum absolute atomic E-state index is 0.0253. The van der Waals surface area contributed by atoms with E-state index in [0.29, 0.717) is 24.6 Å². The molecule has 1 aromatic carbocycles. The normalized spacial score (nSPS) is 11.1.